The number of rotatable bonds is 7. The average Bonchev–Trinajstić information content (AvgIpc) is 3.11. The van der Waals surface area contributed by atoms with Gasteiger partial charge in [-0.1, -0.05) is 55.5 Å². The normalized spacial score (nSPS) is 10.9. The maximum absolute atomic E-state index is 12.3. The van der Waals surface area contributed by atoms with Gasteiger partial charge in [-0.05, 0) is 25.1 Å². The summed E-state index contributed by atoms with van der Waals surface area (Å²) in [5.41, 5.74) is 2.99. The van der Waals surface area contributed by atoms with E-state index < -0.39 is 0 Å². The number of nitrogens with one attached hydrogen (secondary N) is 1. The van der Waals surface area contributed by atoms with Gasteiger partial charge < -0.3 is 9.73 Å². The Bertz CT molecular complexity index is 858. The first-order chi connectivity index (χ1) is 12.7. The molecule has 3 aromatic rings. The summed E-state index contributed by atoms with van der Waals surface area (Å²) in [5, 5.41) is 2.98. The second-order valence-electron chi connectivity index (χ2n) is 6.22. The van der Waals surface area contributed by atoms with Gasteiger partial charge in [-0.15, -0.1) is 0 Å². The number of aromatic nitrogens is 1. The standard InChI is InChI=1S/C21H23N3O2/c1-3-16-9-7-8-12-18(16)23-20(25)14-24(2)15-21-22-13-19(26-21)17-10-5-4-6-11-17/h4-13H,3,14-15H2,1-2H3,(H,23,25). The molecule has 0 saturated heterocycles. The van der Waals surface area contributed by atoms with Gasteiger partial charge in [0.15, 0.2) is 5.76 Å². The molecule has 0 unspecified atom stereocenters. The Kier molecular flexibility index (Phi) is 5.81. The van der Waals surface area contributed by atoms with Crippen LogP contribution in [0.25, 0.3) is 11.3 Å². The summed E-state index contributed by atoms with van der Waals surface area (Å²) in [6.07, 6.45) is 2.60. The molecule has 0 bridgehead atoms. The number of anilines is 1. The highest BCUT2D eigenvalue weighted by Gasteiger charge is 2.12. The molecule has 0 saturated carbocycles. The summed E-state index contributed by atoms with van der Waals surface area (Å²) < 4.78 is 5.79. The van der Waals surface area contributed by atoms with E-state index in [-0.39, 0.29) is 12.5 Å². The van der Waals surface area contributed by atoms with Crippen LogP contribution in [0.4, 0.5) is 5.69 Å². The zero-order chi connectivity index (χ0) is 18.4. The second-order valence-corrected chi connectivity index (χ2v) is 6.22. The third-order valence-corrected chi connectivity index (χ3v) is 4.10. The number of hydrogen-bond acceptors (Lipinski definition) is 4. The lowest BCUT2D eigenvalue weighted by Gasteiger charge is -2.15. The van der Waals surface area contributed by atoms with E-state index in [1.807, 2.05) is 66.5 Å². The number of benzene rings is 2. The largest absolute Gasteiger partial charge is 0.439 e. The van der Waals surface area contributed by atoms with E-state index in [1.165, 1.54) is 0 Å². The van der Waals surface area contributed by atoms with Crippen LogP contribution >= 0.6 is 0 Å². The van der Waals surface area contributed by atoms with E-state index in [1.54, 1.807) is 6.20 Å². The highest BCUT2D eigenvalue weighted by atomic mass is 16.4. The number of likely N-dealkylation sites (N-methyl/N-ethyl adjacent to an activating group) is 1. The van der Waals surface area contributed by atoms with Crippen molar-refractivity contribution >= 4 is 11.6 Å². The van der Waals surface area contributed by atoms with E-state index in [0.717, 1.165) is 29.0 Å². The van der Waals surface area contributed by atoms with Crippen LogP contribution in [0.2, 0.25) is 0 Å². The number of aryl methyl sites for hydroxylation is 1. The van der Waals surface area contributed by atoms with Gasteiger partial charge in [0.2, 0.25) is 11.8 Å². The van der Waals surface area contributed by atoms with E-state index >= 15 is 0 Å². The van der Waals surface area contributed by atoms with E-state index in [4.69, 9.17) is 4.42 Å². The van der Waals surface area contributed by atoms with Gasteiger partial charge in [-0.3, -0.25) is 9.69 Å². The van der Waals surface area contributed by atoms with Gasteiger partial charge in [-0.25, -0.2) is 4.98 Å². The van der Waals surface area contributed by atoms with Crippen LogP contribution in [-0.4, -0.2) is 29.4 Å². The Morgan fingerprint density at radius 3 is 2.62 bits per heavy atom. The van der Waals surface area contributed by atoms with Crippen molar-refractivity contribution in [1.82, 2.24) is 9.88 Å². The number of carbonyl (C=O) groups excluding carboxylic acids is 1. The minimum absolute atomic E-state index is 0.0526. The average molecular weight is 349 g/mol. The Morgan fingerprint density at radius 1 is 1.12 bits per heavy atom. The molecule has 0 aliphatic carbocycles. The number of hydrogen-bond donors (Lipinski definition) is 1. The number of oxazole rings is 1. The van der Waals surface area contributed by atoms with E-state index in [9.17, 15) is 4.79 Å². The van der Waals surface area contributed by atoms with Gasteiger partial charge in [0.05, 0.1) is 19.3 Å². The molecule has 1 aromatic heterocycles. The van der Waals surface area contributed by atoms with Gasteiger partial charge in [-0.2, -0.15) is 0 Å². The Morgan fingerprint density at radius 2 is 1.85 bits per heavy atom. The number of nitrogens with zero attached hydrogens (tertiary/aromatic N) is 2. The fraction of sp³-hybridized carbons (Fsp3) is 0.238. The predicted octanol–water partition coefficient (Wildman–Crippen LogP) is 3.97. The number of amides is 1. The van der Waals surface area contributed by atoms with Crippen molar-refractivity contribution in [2.45, 2.75) is 19.9 Å². The first-order valence-electron chi connectivity index (χ1n) is 8.72. The second kappa shape index (κ2) is 8.45. The molecule has 1 heterocycles. The SMILES string of the molecule is CCc1ccccc1NC(=O)CN(C)Cc1ncc(-c2ccccc2)o1. The van der Waals surface area contributed by atoms with Gasteiger partial charge in [0.1, 0.15) is 0 Å². The summed E-state index contributed by atoms with van der Waals surface area (Å²) in [7, 11) is 1.87. The molecule has 0 aliphatic rings. The maximum Gasteiger partial charge on any atom is 0.238 e. The fourth-order valence-corrected chi connectivity index (χ4v) is 2.79. The van der Waals surface area contributed by atoms with Crippen molar-refractivity contribution in [3.05, 3.63) is 72.2 Å². The quantitative estimate of drug-likeness (QED) is 0.701. The molecule has 134 valence electrons. The lowest BCUT2D eigenvalue weighted by molar-refractivity contribution is -0.117. The third-order valence-electron chi connectivity index (χ3n) is 4.10. The molecule has 0 spiro atoms. The van der Waals surface area contributed by atoms with Crippen LogP contribution in [0, 0.1) is 0 Å². The first-order valence-corrected chi connectivity index (χ1v) is 8.72. The van der Waals surface area contributed by atoms with Crippen molar-refractivity contribution in [3.8, 4) is 11.3 Å². The fourth-order valence-electron chi connectivity index (χ4n) is 2.79. The molecule has 5 heteroatoms. The minimum Gasteiger partial charge on any atom is -0.439 e. The molecule has 0 aliphatic heterocycles. The van der Waals surface area contributed by atoms with Crippen LogP contribution in [0.15, 0.2) is 65.2 Å². The lowest BCUT2D eigenvalue weighted by atomic mass is 10.1. The van der Waals surface area contributed by atoms with Gasteiger partial charge in [0, 0.05) is 11.3 Å². The summed E-state index contributed by atoms with van der Waals surface area (Å²) in [6, 6.07) is 17.7. The first kappa shape index (κ1) is 17.9. The molecular weight excluding hydrogens is 326 g/mol. The highest BCUT2D eigenvalue weighted by Crippen LogP contribution is 2.20. The van der Waals surface area contributed by atoms with Crippen molar-refractivity contribution in [1.29, 1.82) is 0 Å². The molecular formula is C21H23N3O2. The highest BCUT2D eigenvalue weighted by molar-refractivity contribution is 5.92. The Hall–Kier alpha value is -2.92. The predicted molar refractivity (Wildman–Crippen MR) is 103 cm³/mol. The van der Waals surface area contributed by atoms with Crippen molar-refractivity contribution in [3.63, 3.8) is 0 Å². The Labute approximate surface area is 153 Å². The van der Waals surface area contributed by atoms with Crippen LogP contribution < -0.4 is 5.32 Å². The van der Waals surface area contributed by atoms with E-state index in [0.29, 0.717) is 12.4 Å². The molecule has 0 fully saturated rings. The summed E-state index contributed by atoms with van der Waals surface area (Å²) in [6.45, 7) is 2.81. The van der Waals surface area contributed by atoms with Crippen LogP contribution in [0.3, 0.4) is 0 Å². The molecule has 1 N–H and O–H groups in total. The van der Waals surface area contributed by atoms with E-state index in [2.05, 4.69) is 17.2 Å². The lowest BCUT2D eigenvalue weighted by Crippen LogP contribution is -2.30. The zero-order valence-electron chi connectivity index (χ0n) is 15.1. The summed E-state index contributed by atoms with van der Waals surface area (Å²) >= 11 is 0. The molecule has 0 radical (unpaired) electrons. The van der Waals surface area contributed by atoms with Crippen LogP contribution in [0.5, 0.6) is 0 Å². The number of para-hydroxylation sites is 1. The van der Waals surface area contributed by atoms with Crippen molar-refractivity contribution in [2.24, 2.45) is 0 Å². The third kappa shape index (κ3) is 4.58. The molecule has 5 nitrogen and oxygen atoms in total. The van der Waals surface area contributed by atoms with Gasteiger partial charge in [0.25, 0.3) is 0 Å². The molecule has 3 rings (SSSR count). The van der Waals surface area contributed by atoms with Crippen LogP contribution in [0.1, 0.15) is 18.4 Å². The summed E-state index contributed by atoms with van der Waals surface area (Å²) in [4.78, 5) is 18.5. The Balaban J connectivity index is 1.56. The zero-order valence-corrected chi connectivity index (χ0v) is 15.1. The number of carbonyl (C=O) groups is 1. The molecule has 2 aromatic carbocycles. The molecule has 1 amide bonds. The van der Waals surface area contributed by atoms with Crippen molar-refractivity contribution < 1.29 is 9.21 Å². The van der Waals surface area contributed by atoms with Crippen molar-refractivity contribution in [2.75, 3.05) is 18.9 Å². The topological polar surface area (TPSA) is 58.4 Å². The molecule has 26 heavy (non-hydrogen) atoms. The minimum atomic E-state index is -0.0526. The molecule has 0 atom stereocenters. The maximum atomic E-state index is 12.3. The van der Waals surface area contributed by atoms with Gasteiger partial charge >= 0.3 is 0 Å². The monoisotopic (exact) mass is 349 g/mol. The van der Waals surface area contributed by atoms with Crippen LogP contribution in [-0.2, 0) is 17.8 Å². The summed E-state index contributed by atoms with van der Waals surface area (Å²) in [5.74, 6) is 1.27. The smallest absolute Gasteiger partial charge is 0.238 e.